The van der Waals surface area contributed by atoms with Crippen LogP contribution in [0.5, 0.6) is 0 Å². The van der Waals surface area contributed by atoms with Crippen molar-refractivity contribution in [1.29, 1.82) is 0 Å². The Balaban J connectivity index is 3.82. The molecule has 0 N–H and O–H groups in total. The summed E-state index contributed by atoms with van der Waals surface area (Å²) in [5.41, 5.74) is -0.505. The molecule has 8 heavy (non-hydrogen) atoms. The number of carbonyl (C=O) groups excluding carboxylic acids is 1. The molecule has 0 radical (unpaired) electrons. The van der Waals surface area contributed by atoms with Crippen LogP contribution in [-0.2, 0) is 4.79 Å². The van der Waals surface area contributed by atoms with Crippen LogP contribution < -0.4 is 0 Å². The monoisotopic (exact) mass is 118 g/mol. The molecule has 0 aromatic rings. The van der Waals surface area contributed by atoms with Crippen LogP contribution in [0.2, 0.25) is 0 Å². The van der Waals surface area contributed by atoms with Crippen LogP contribution in [0.1, 0.15) is 20.8 Å². The lowest BCUT2D eigenvalue weighted by atomic mass is 9.92. The van der Waals surface area contributed by atoms with Crippen molar-refractivity contribution >= 4 is 5.78 Å². The van der Waals surface area contributed by atoms with E-state index in [1.54, 1.807) is 20.8 Å². The zero-order valence-corrected chi connectivity index (χ0v) is 5.49. The van der Waals surface area contributed by atoms with E-state index in [2.05, 4.69) is 0 Å². The van der Waals surface area contributed by atoms with Gasteiger partial charge in [0.1, 0.15) is 6.67 Å². The highest BCUT2D eigenvalue weighted by molar-refractivity contribution is 5.84. The van der Waals surface area contributed by atoms with Crippen molar-refractivity contribution in [3.63, 3.8) is 0 Å². The lowest BCUT2D eigenvalue weighted by Gasteiger charge is -2.12. The lowest BCUT2D eigenvalue weighted by Crippen LogP contribution is -2.21. The van der Waals surface area contributed by atoms with Gasteiger partial charge in [-0.1, -0.05) is 20.8 Å². The van der Waals surface area contributed by atoms with E-state index >= 15 is 0 Å². The van der Waals surface area contributed by atoms with Crippen molar-refractivity contribution in [2.24, 2.45) is 5.41 Å². The van der Waals surface area contributed by atoms with Gasteiger partial charge in [-0.2, -0.15) is 0 Å². The molecular weight excluding hydrogens is 107 g/mol. The average Bonchev–Trinajstić information content (AvgIpc) is 1.62. The molecule has 0 aliphatic rings. The third-order valence-electron chi connectivity index (χ3n) is 0.958. The molecule has 0 aliphatic carbocycles. The second-order valence-corrected chi connectivity index (χ2v) is 2.81. The Morgan fingerprint density at radius 2 is 1.88 bits per heavy atom. The number of carbonyl (C=O) groups is 1. The third kappa shape index (κ3) is 2.05. The van der Waals surface area contributed by atoms with Crippen LogP contribution in [0.15, 0.2) is 0 Å². The smallest absolute Gasteiger partial charge is 0.169 e. The summed E-state index contributed by atoms with van der Waals surface area (Å²) in [6.07, 6.45) is 0. The van der Waals surface area contributed by atoms with E-state index in [0.29, 0.717) is 0 Å². The molecule has 1 nitrogen and oxygen atoms in total. The van der Waals surface area contributed by atoms with Gasteiger partial charge in [0.25, 0.3) is 0 Å². The van der Waals surface area contributed by atoms with Crippen LogP contribution in [-0.4, -0.2) is 12.5 Å². The van der Waals surface area contributed by atoms with Crippen molar-refractivity contribution < 1.29 is 9.18 Å². The topological polar surface area (TPSA) is 17.1 Å². The third-order valence-corrected chi connectivity index (χ3v) is 0.958. The molecule has 0 bridgehead atoms. The molecule has 0 fully saturated rings. The van der Waals surface area contributed by atoms with Crippen LogP contribution in [0.4, 0.5) is 4.39 Å². The van der Waals surface area contributed by atoms with Crippen molar-refractivity contribution in [2.75, 3.05) is 6.67 Å². The highest BCUT2D eigenvalue weighted by atomic mass is 19.1. The van der Waals surface area contributed by atoms with E-state index in [-0.39, 0.29) is 5.78 Å². The molecule has 2 heteroatoms. The van der Waals surface area contributed by atoms with Gasteiger partial charge in [0.05, 0.1) is 0 Å². The maximum Gasteiger partial charge on any atom is 0.169 e. The summed E-state index contributed by atoms with van der Waals surface area (Å²) < 4.78 is 11.5. The van der Waals surface area contributed by atoms with Crippen molar-refractivity contribution in [3.05, 3.63) is 0 Å². The Hall–Kier alpha value is -0.400. The van der Waals surface area contributed by atoms with E-state index < -0.39 is 12.1 Å². The molecule has 0 amide bonds. The minimum absolute atomic E-state index is 0.336. The first-order valence-electron chi connectivity index (χ1n) is 2.57. The molecule has 0 saturated heterocycles. The van der Waals surface area contributed by atoms with Gasteiger partial charge in [0, 0.05) is 5.41 Å². The number of hydrogen-bond donors (Lipinski definition) is 0. The number of Topliss-reactive ketones (excluding diaryl/α,β-unsaturated/α-hetero) is 1. The minimum Gasteiger partial charge on any atom is -0.296 e. The Bertz CT molecular complexity index is 91.2. The number of hydrogen-bond acceptors (Lipinski definition) is 1. The molecule has 0 rings (SSSR count). The molecule has 0 aliphatic heterocycles. The molecule has 0 atom stereocenters. The molecule has 0 unspecified atom stereocenters. The zero-order chi connectivity index (χ0) is 6.78. The van der Waals surface area contributed by atoms with E-state index in [1.807, 2.05) is 0 Å². The molecule has 0 heterocycles. The first-order chi connectivity index (χ1) is 3.48. The van der Waals surface area contributed by atoms with Crippen LogP contribution in [0, 0.1) is 5.41 Å². The first kappa shape index (κ1) is 7.60. The van der Waals surface area contributed by atoms with Crippen molar-refractivity contribution in [1.82, 2.24) is 0 Å². The standard InChI is InChI=1S/C6H11FO/c1-6(2,3)5(8)4-7/h4H2,1-3H3. The minimum atomic E-state index is -0.844. The van der Waals surface area contributed by atoms with Gasteiger partial charge in [0.15, 0.2) is 5.78 Å². The molecule has 48 valence electrons. The Morgan fingerprint density at radius 1 is 1.50 bits per heavy atom. The van der Waals surface area contributed by atoms with Crippen molar-refractivity contribution in [3.8, 4) is 0 Å². The predicted molar refractivity (Wildman–Crippen MR) is 30.4 cm³/mol. The van der Waals surface area contributed by atoms with Gasteiger partial charge in [-0.05, 0) is 0 Å². The quantitative estimate of drug-likeness (QED) is 0.510. The number of halogens is 1. The summed E-state index contributed by atoms with van der Waals surface area (Å²) in [7, 11) is 0. The Labute approximate surface area is 48.9 Å². The Morgan fingerprint density at radius 3 is 1.88 bits per heavy atom. The maximum absolute atomic E-state index is 11.5. The molecule has 0 aromatic heterocycles. The number of ketones is 1. The fraction of sp³-hybridized carbons (Fsp3) is 0.833. The molecule has 0 spiro atoms. The summed E-state index contributed by atoms with van der Waals surface area (Å²) in [5, 5.41) is 0. The largest absolute Gasteiger partial charge is 0.296 e. The average molecular weight is 118 g/mol. The van der Waals surface area contributed by atoms with E-state index in [4.69, 9.17) is 0 Å². The normalized spacial score (nSPS) is 11.5. The highest BCUT2D eigenvalue weighted by Crippen LogP contribution is 2.13. The van der Waals surface area contributed by atoms with Crippen LogP contribution >= 0.6 is 0 Å². The van der Waals surface area contributed by atoms with Crippen molar-refractivity contribution in [2.45, 2.75) is 20.8 Å². The van der Waals surface area contributed by atoms with Crippen LogP contribution in [0.25, 0.3) is 0 Å². The zero-order valence-electron chi connectivity index (χ0n) is 5.49. The van der Waals surface area contributed by atoms with E-state index in [1.165, 1.54) is 0 Å². The fourth-order valence-corrected chi connectivity index (χ4v) is 0.200. The second kappa shape index (κ2) is 2.25. The summed E-state index contributed by atoms with van der Waals surface area (Å²) in [5.74, 6) is -0.336. The molecule has 0 saturated carbocycles. The van der Waals surface area contributed by atoms with E-state index in [9.17, 15) is 9.18 Å². The lowest BCUT2D eigenvalue weighted by molar-refractivity contribution is -0.127. The second-order valence-electron chi connectivity index (χ2n) is 2.81. The molecule has 0 aromatic carbocycles. The SMILES string of the molecule is CC(C)(C)C(=O)CF. The van der Waals surface area contributed by atoms with E-state index in [0.717, 1.165) is 0 Å². The van der Waals surface area contributed by atoms with Crippen LogP contribution in [0.3, 0.4) is 0 Å². The van der Waals surface area contributed by atoms with Gasteiger partial charge >= 0.3 is 0 Å². The summed E-state index contributed by atoms with van der Waals surface area (Å²) in [4.78, 5) is 10.5. The maximum atomic E-state index is 11.5. The van der Waals surface area contributed by atoms with Gasteiger partial charge in [-0.25, -0.2) is 4.39 Å². The number of rotatable bonds is 1. The predicted octanol–water partition coefficient (Wildman–Crippen LogP) is 1.57. The van der Waals surface area contributed by atoms with Gasteiger partial charge in [-0.15, -0.1) is 0 Å². The molecular formula is C6H11FO. The first-order valence-corrected chi connectivity index (χ1v) is 2.57. The van der Waals surface area contributed by atoms with Gasteiger partial charge in [0.2, 0.25) is 0 Å². The Kier molecular flexibility index (Phi) is 2.13. The highest BCUT2D eigenvalue weighted by Gasteiger charge is 2.19. The number of alkyl halides is 1. The summed E-state index contributed by atoms with van der Waals surface area (Å²) in [6, 6.07) is 0. The summed E-state index contributed by atoms with van der Waals surface area (Å²) in [6.45, 7) is 4.27. The summed E-state index contributed by atoms with van der Waals surface area (Å²) >= 11 is 0. The van der Waals surface area contributed by atoms with Gasteiger partial charge < -0.3 is 0 Å². The van der Waals surface area contributed by atoms with Gasteiger partial charge in [-0.3, -0.25) is 4.79 Å². The fourth-order valence-electron chi connectivity index (χ4n) is 0.200.